The highest BCUT2D eigenvalue weighted by Gasteiger charge is 2.05. The summed E-state index contributed by atoms with van der Waals surface area (Å²) < 4.78 is 7.01. The van der Waals surface area contributed by atoms with E-state index in [0.29, 0.717) is 13.0 Å². The van der Waals surface area contributed by atoms with Gasteiger partial charge in [0.25, 0.3) is 0 Å². The summed E-state index contributed by atoms with van der Waals surface area (Å²) in [6.07, 6.45) is 0.337. The Bertz CT molecular complexity index is 339. The molecule has 0 aliphatic carbocycles. The van der Waals surface area contributed by atoms with Gasteiger partial charge in [-0.25, -0.2) is 0 Å². The molecule has 4 heteroatoms. The van der Waals surface area contributed by atoms with Crippen molar-refractivity contribution in [2.45, 2.75) is 13.3 Å². The molecule has 0 saturated carbocycles. The van der Waals surface area contributed by atoms with Crippen LogP contribution >= 0.6 is 38.5 Å². The van der Waals surface area contributed by atoms with Crippen molar-refractivity contribution in [3.05, 3.63) is 31.8 Å². The zero-order valence-electron chi connectivity index (χ0n) is 7.72. The first-order valence-corrected chi connectivity index (χ1v) is 6.10. The van der Waals surface area contributed by atoms with Crippen molar-refractivity contribution in [2.24, 2.45) is 0 Å². The molecular formula is C10H10BrIO2. The number of rotatable bonds is 3. The van der Waals surface area contributed by atoms with Crippen LogP contribution in [0.1, 0.15) is 12.5 Å². The molecule has 0 amide bonds. The number of hydrogen-bond donors (Lipinski definition) is 0. The average Bonchev–Trinajstić information content (AvgIpc) is 2.12. The predicted octanol–water partition coefficient (Wildman–Crippen LogP) is 3.16. The quantitative estimate of drug-likeness (QED) is 0.605. The zero-order valence-corrected chi connectivity index (χ0v) is 11.5. The molecule has 1 rings (SSSR count). The second-order valence-corrected chi connectivity index (χ2v) is 4.75. The fourth-order valence-electron chi connectivity index (χ4n) is 1.03. The fourth-order valence-corrected chi connectivity index (χ4v) is 1.79. The topological polar surface area (TPSA) is 26.3 Å². The lowest BCUT2D eigenvalue weighted by molar-refractivity contribution is -0.142. The first kappa shape index (κ1) is 12.0. The molecule has 0 atom stereocenters. The Morgan fingerprint density at radius 1 is 1.57 bits per heavy atom. The van der Waals surface area contributed by atoms with Gasteiger partial charge in [0.15, 0.2) is 0 Å². The highest BCUT2D eigenvalue weighted by Crippen LogP contribution is 2.20. The van der Waals surface area contributed by atoms with Gasteiger partial charge in [0.05, 0.1) is 13.0 Å². The van der Waals surface area contributed by atoms with Crippen molar-refractivity contribution in [1.82, 2.24) is 0 Å². The lowest BCUT2D eigenvalue weighted by Gasteiger charge is -2.03. The van der Waals surface area contributed by atoms with Crippen LogP contribution in [0.4, 0.5) is 0 Å². The molecule has 0 bridgehead atoms. The van der Waals surface area contributed by atoms with E-state index in [2.05, 4.69) is 38.5 Å². The largest absolute Gasteiger partial charge is 0.466 e. The summed E-state index contributed by atoms with van der Waals surface area (Å²) in [6.45, 7) is 2.24. The Kier molecular flexibility index (Phi) is 4.88. The van der Waals surface area contributed by atoms with Gasteiger partial charge in [0.1, 0.15) is 0 Å². The molecule has 0 spiro atoms. The van der Waals surface area contributed by atoms with E-state index in [1.807, 2.05) is 25.1 Å². The summed E-state index contributed by atoms with van der Waals surface area (Å²) in [6, 6.07) is 5.85. The van der Waals surface area contributed by atoms with E-state index in [1.54, 1.807) is 0 Å². The molecule has 14 heavy (non-hydrogen) atoms. The number of ether oxygens (including phenoxy) is 1. The van der Waals surface area contributed by atoms with Crippen LogP contribution in [0, 0.1) is 3.57 Å². The Morgan fingerprint density at radius 3 is 2.86 bits per heavy atom. The zero-order chi connectivity index (χ0) is 10.6. The van der Waals surface area contributed by atoms with Crippen LogP contribution in [0.25, 0.3) is 0 Å². The molecule has 0 N–H and O–H groups in total. The van der Waals surface area contributed by atoms with E-state index >= 15 is 0 Å². The predicted molar refractivity (Wildman–Crippen MR) is 67.2 cm³/mol. The van der Waals surface area contributed by atoms with E-state index < -0.39 is 0 Å². The maximum Gasteiger partial charge on any atom is 0.310 e. The van der Waals surface area contributed by atoms with Gasteiger partial charge in [-0.2, -0.15) is 0 Å². The van der Waals surface area contributed by atoms with E-state index in [0.717, 1.165) is 13.6 Å². The van der Waals surface area contributed by atoms with E-state index in [4.69, 9.17) is 4.74 Å². The molecule has 0 saturated heterocycles. The number of benzene rings is 1. The molecule has 0 unspecified atom stereocenters. The molecule has 0 aromatic heterocycles. The normalized spacial score (nSPS) is 9.93. The molecular weight excluding hydrogens is 359 g/mol. The monoisotopic (exact) mass is 368 g/mol. The number of hydrogen-bond acceptors (Lipinski definition) is 2. The summed E-state index contributed by atoms with van der Waals surface area (Å²) >= 11 is 5.64. The fraction of sp³-hybridized carbons (Fsp3) is 0.300. The molecule has 2 nitrogen and oxygen atoms in total. The maximum absolute atomic E-state index is 11.2. The third-order valence-electron chi connectivity index (χ3n) is 1.64. The molecule has 0 aliphatic heterocycles. The first-order chi connectivity index (χ1) is 6.63. The molecule has 76 valence electrons. The standard InChI is InChI=1S/C10H10BrIO2/c1-2-14-10(13)6-7-3-4-9(12)8(11)5-7/h3-5H,2,6H2,1H3. The van der Waals surface area contributed by atoms with E-state index in [-0.39, 0.29) is 5.97 Å². The molecule has 1 aromatic rings. The van der Waals surface area contributed by atoms with Crippen molar-refractivity contribution < 1.29 is 9.53 Å². The van der Waals surface area contributed by atoms with Crippen molar-refractivity contribution >= 4 is 44.5 Å². The Hall–Kier alpha value is -0.100. The lowest BCUT2D eigenvalue weighted by Crippen LogP contribution is -2.07. The number of esters is 1. The smallest absolute Gasteiger partial charge is 0.310 e. The summed E-state index contributed by atoms with van der Waals surface area (Å²) in [5.41, 5.74) is 0.968. The Balaban J connectivity index is 2.68. The Morgan fingerprint density at radius 2 is 2.29 bits per heavy atom. The second kappa shape index (κ2) is 5.70. The van der Waals surface area contributed by atoms with Crippen LogP contribution in [-0.2, 0) is 16.0 Å². The molecule has 0 heterocycles. The van der Waals surface area contributed by atoms with Gasteiger partial charge >= 0.3 is 5.97 Å². The third kappa shape index (κ3) is 3.57. The van der Waals surface area contributed by atoms with Crippen molar-refractivity contribution in [1.29, 1.82) is 0 Å². The average molecular weight is 369 g/mol. The van der Waals surface area contributed by atoms with Crippen LogP contribution in [-0.4, -0.2) is 12.6 Å². The van der Waals surface area contributed by atoms with Gasteiger partial charge < -0.3 is 4.74 Å². The number of carbonyl (C=O) groups excluding carboxylic acids is 1. The third-order valence-corrected chi connectivity index (χ3v) is 3.98. The van der Waals surface area contributed by atoms with E-state index in [1.165, 1.54) is 0 Å². The summed E-state index contributed by atoms with van der Waals surface area (Å²) in [5, 5.41) is 0. The highest BCUT2D eigenvalue weighted by atomic mass is 127. The summed E-state index contributed by atoms with van der Waals surface area (Å²) in [5.74, 6) is -0.180. The van der Waals surface area contributed by atoms with Crippen LogP contribution in [0.15, 0.2) is 22.7 Å². The van der Waals surface area contributed by atoms with Gasteiger partial charge in [0, 0.05) is 8.04 Å². The summed E-state index contributed by atoms with van der Waals surface area (Å²) in [4.78, 5) is 11.2. The van der Waals surface area contributed by atoms with Crippen LogP contribution in [0.5, 0.6) is 0 Å². The van der Waals surface area contributed by atoms with Crippen LogP contribution in [0.2, 0.25) is 0 Å². The van der Waals surface area contributed by atoms with Crippen molar-refractivity contribution in [2.75, 3.05) is 6.61 Å². The molecule has 0 radical (unpaired) electrons. The van der Waals surface area contributed by atoms with Gasteiger partial charge in [-0.1, -0.05) is 6.07 Å². The van der Waals surface area contributed by atoms with Crippen molar-refractivity contribution in [3.8, 4) is 0 Å². The van der Waals surface area contributed by atoms with Gasteiger partial charge in [-0.15, -0.1) is 0 Å². The first-order valence-electron chi connectivity index (χ1n) is 4.23. The number of halogens is 2. The maximum atomic E-state index is 11.2. The molecule has 0 fully saturated rings. The van der Waals surface area contributed by atoms with Crippen LogP contribution < -0.4 is 0 Å². The van der Waals surface area contributed by atoms with E-state index in [9.17, 15) is 4.79 Å². The highest BCUT2D eigenvalue weighted by molar-refractivity contribution is 14.1. The van der Waals surface area contributed by atoms with Crippen LogP contribution in [0.3, 0.4) is 0 Å². The minimum Gasteiger partial charge on any atom is -0.466 e. The summed E-state index contributed by atoms with van der Waals surface area (Å²) in [7, 11) is 0. The van der Waals surface area contributed by atoms with Gasteiger partial charge in [0.2, 0.25) is 0 Å². The molecule has 1 aromatic carbocycles. The molecule has 0 aliphatic rings. The second-order valence-electron chi connectivity index (χ2n) is 2.73. The Labute approximate surface area is 105 Å². The SMILES string of the molecule is CCOC(=O)Cc1ccc(I)c(Br)c1. The minimum absolute atomic E-state index is 0.180. The van der Waals surface area contributed by atoms with Gasteiger partial charge in [-0.3, -0.25) is 4.79 Å². The van der Waals surface area contributed by atoms with Gasteiger partial charge in [-0.05, 0) is 63.1 Å². The minimum atomic E-state index is -0.180. The number of carbonyl (C=O) groups is 1. The lowest BCUT2D eigenvalue weighted by atomic mass is 10.2. The van der Waals surface area contributed by atoms with Crippen molar-refractivity contribution in [3.63, 3.8) is 0 Å².